The van der Waals surface area contributed by atoms with Crippen LogP contribution in [0.3, 0.4) is 0 Å². The predicted molar refractivity (Wildman–Crippen MR) is 73.3 cm³/mol. The summed E-state index contributed by atoms with van der Waals surface area (Å²) in [5.41, 5.74) is 2.50. The standard InChI is InChI=1S/C16H11N/c1-2-4-12-10-15-13(9-11(12)3-1)5-6-16-14(15)7-8-17-16/h1-6,8-10H,7H2. The lowest BCUT2D eigenvalue weighted by Gasteiger charge is -2.06. The molecule has 1 heteroatoms. The molecule has 0 spiro atoms. The quantitative estimate of drug-likeness (QED) is 0.499. The molecule has 4 rings (SSSR count). The lowest BCUT2D eigenvalue weighted by molar-refractivity contribution is 1.46. The van der Waals surface area contributed by atoms with Gasteiger partial charge in [-0.05, 0) is 45.3 Å². The molecule has 0 N–H and O–H groups in total. The molecule has 3 aromatic carbocycles. The number of benzene rings is 3. The Bertz CT molecular complexity index is 769. The van der Waals surface area contributed by atoms with E-state index < -0.39 is 0 Å². The smallest absolute Gasteiger partial charge is 0.0667 e. The molecule has 0 amide bonds. The molecule has 1 nitrogen and oxygen atoms in total. The second kappa shape index (κ2) is 3.17. The first-order chi connectivity index (χ1) is 8.42. The third-order valence-corrected chi connectivity index (χ3v) is 3.50. The van der Waals surface area contributed by atoms with Crippen molar-refractivity contribution >= 4 is 33.4 Å². The van der Waals surface area contributed by atoms with E-state index in [-0.39, 0.29) is 0 Å². The van der Waals surface area contributed by atoms with Crippen molar-refractivity contribution in [1.29, 1.82) is 0 Å². The van der Waals surface area contributed by atoms with E-state index >= 15 is 0 Å². The van der Waals surface area contributed by atoms with Crippen LogP contribution in [0.15, 0.2) is 53.5 Å². The number of hydrogen-bond donors (Lipinski definition) is 0. The molecule has 0 unspecified atom stereocenters. The van der Waals surface area contributed by atoms with Crippen molar-refractivity contribution in [3.05, 3.63) is 54.1 Å². The van der Waals surface area contributed by atoms with Crippen LogP contribution >= 0.6 is 0 Å². The van der Waals surface area contributed by atoms with Crippen LogP contribution in [-0.2, 0) is 6.42 Å². The maximum Gasteiger partial charge on any atom is 0.0667 e. The molecule has 0 aliphatic carbocycles. The lowest BCUT2D eigenvalue weighted by Crippen LogP contribution is -1.84. The third kappa shape index (κ3) is 1.22. The van der Waals surface area contributed by atoms with Gasteiger partial charge in [0.05, 0.1) is 5.69 Å². The highest BCUT2D eigenvalue weighted by Crippen LogP contribution is 2.33. The van der Waals surface area contributed by atoms with Gasteiger partial charge in [-0.1, -0.05) is 30.3 Å². The van der Waals surface area contributed by atoms with Crippen LogP contribution in [0, 0.1) is 0 Å². The minimum absolute atomic E-state index is 0.963. The number of rotatable bonds is 0. The highest BCUT2D eigenvalue weighted by atomic mass is 14.7. The van der Waals surface area contributed by atoms with Crippen LogP contribution in [0.25, 0.3) is 21.5 Å². The number of hydrogen-bond acceptors (Lipinski definition) is 1. The van der Waals surface area contributed by atoms with Gasteiger partial charge in [0, 0.05) is 12.6 Å². The molecule has 0 radical (unpaired) electrons. The van der Waals surface area contributed by atoms with Gasteiger partial charge in [0.25, 0.3) is 0 Å². The van der Waals surface area contributed by atoms with Gasteiger partial charge < -0.3 is 0 Å². The van der Waals surface area contributed by atoms with Crippen molar-refractivity contribution in [3.63, 3.8) is 0 Å². The minimum atomic E-state index is 0.963. The first-order valence-corrected chi connectivity index (χ1v) is 5.89. The monoisotopic (exact) mass is 217 g/mol. The van der Waals surface area contributed by atoms with Gasteiger partial charge in [-0.3, -0.25) is 4.99 Å². The average Bonchev–Trinajstić information content (AvgIpc) is 2.85. The van der Waals surface area contributed by atoms with Gasteiger partial charge in [0.1, 0.15) is 0 Å². The Morgan fingerprint density at radius 1 is 0.824 bits per heavy atom. The van der Waals surface area contributed by atoms with Gasteiger partial charge in [-0.2, -0.15) is 0 Å². The zero-order valence-electron chi connectivity index (χ0n) is 9.35. The van der Waals surface area contributed by atoms with Gasteiger partial charge in [0.15, 0.2) is 0 Å². The summed E-state index contributed by atoms with van der Waals surface area (Å²) in [4.78, 5) is 4.40. The van der Waals surface area contributed by atoms with E-state index in [0.717, 1.165) is 12.1 Å². The summed E-state index contributed by atoms with van der Waals surface area (Å²) in [5.74, 6) is 0. The fourth-order valence-electron chi connectivity index (χ4n) is 2.64. The normalized spacial score (nSPS) is 13.4. The lowest BCUT2D eigenvalue weighted by atomic mass is 9.98. The summed E-state index contributed by atoms with van der Waals surface area (Å²) < 4.78 is 0. The van der Waals surface area contributed by atoms with Crippen molar-refractivity contribution in [2.24, 2.45) is 4.99 Å². The van der Waals surface area contributed by atoms with E-state index in [1.807, 2.05) is 6.21 Å². The largest absolute Gasteiger partial charge is 0.261 e. The van der Waals surface area contributed by atoms with Crippen LogP contribution < -0.4 is 0 Å². The van der Waals surface area contributed by atoms with Gasteiger partial charge in [0.2, 0.25) is 0 Å². The molecular weight excluding hydrogens is 206 g/mol. The Kier molecular flexibility index (Phi) is 1.67. The molecule has 0 aromatic heterocycles. The summed E-state index contributed by atoms with van der Waals surface area (Å²) in [6, 6.07) is 17.4. The zero-order chi connectivity index (χ0) is 11.2. The molecule has 0 bridgehead atoms. The van der Waals surface area contributed by atoms with Gasteiger partial charge in [-0.25, -0.2) is 0 Å². The van der Waals surface area contributed by atoms with Crippen molar-refractivity contribution in [2.45, 2.75) is 6.42 Å². The Labute approximate surface area is 99.4 Å². The molecule has 3 aromatic rings. The molecule has 0 saturated carbocycles. The number of aliphatic imine (C=N–C) groups is 1. The summed E-state index contributed by atoms with van der Waals surface area (Å²) in [7, 11) is 0. The molecule has 0 saturated heterocycles. The SMILES string of the molecule is C1=Nc2ccc3cc4ccccc4cc3c2C1. The topological polar surface area (TPSA) is 12.4 Å². The van der Waals surface area contributed by atoms with Crippen LogP contribution in [0.2, 0.25) is 0 Å². The molecule has 1 heterocycles. The fourth-order valence-corrected chi connectivity index (χ4v) is 2.64. The average molecular weight is 217 g/mol. The van der Waals surface area contributed by atoms with E-state index in [1.165, 1.54) is 27.1 Å². The Morgan fingerprint density at radius 3 is 2.53 bits per heavy atom. The van der Waals surface area contributed by atoms with E-state index in [4.69, 9.17) is 0 Å². The molecule has 0 atom stereocenters. The highest BCUT2D eigenvalue weighted by molar-refractivity contribution is 6.03. The van der Waals surface area contributed by atoms with Crippen LogP contribution in [0.1, 0.15) is 5.56 Å². The number of fused-ring (bicyclic) bond motifs is 4. The van der Waals surface area contributed by atoms with E-state index in [0.29, 0.717) is 0 Å². The molecule has 1 aliphatic heterocycles. The summed E-state index contributed by atoms with van der Waals surface area (Å²) >= 11 is 0. The first kappa shape index (κ1) is 8.94. The fraction of sp³-hybridized carbons (Fsp3) is 0.0625. The molecule has 1 aliphatic rings. The maximum atomic E-state index is 4.40. The van der Waals surface area contributed by atoms with Gasteiger partial charge in [-0.15, -0.1) is 0 Å². The second-order valence-corrected chi connectivity index (χ2v) is 4.50. The van der Waals surface area contributed by atoms with Gasteiger partial charge >= 0.3 is 0 Å². The molecule has 80 valence electrons. The van der Waals surface area contributed by atoms with Crippen molar-refractivity contribution in [1.82, 2.24) is 0 Å². The molecular formula is C16H11N. The third-order valence-electron chi connectivity index (χ3n) is 3.50. The van der Waals surface area contributed by atoms with E-state index in [1.54, 1.807) is 0 Å². The maximum absolute atomic E-state index is 4.40. The summed E-state index contributed by atoms with van der Waals surface area (Å²) in [5, 5.41) is 5.27. The van der Waals surface area contributed by atoms with Crippen molar-refractivity contribution < 1.29 is 0 Å². The Hall–Kier alpha value is -2.15. The van der Waals surface area contributed by atoms with Crippen LogP contribution in [0.5, 0.6) is 0 Å². The molecule has 17 heavy (non-hydrogen) atoms. The number of nitrogens with zero attached hydrogens (tertiary/aromatic N) is 1. The van der Waals surface area contributed by atoms with Crippen LogP contribution in [-0.4, -0.2) is 6.21 Å². The Balaban J connectivity index is 2.18. The van der Waals surface area contributed by atoms with Crippen LogP contribution in [0.4, 0.5) is 5.69 Å². The first-order valence-electron chi connectivity index (χ1n) is 5.89. The minimum Gasteiger partial charge on any atom is -0.261 e. The summed E-state index contributed by atoms with van der Waals surface area (Å²) in [6.07, 6.45) is 2.96. The summed E-state index contributed by atoms with van der Waals surface area (Å²) in [6.45, 7) is 0. The van der Waals surface area contributed by atoms with E-state index in [9.17, 15) is 0 Å². The Morgan fingerprint density at radius 2 is 1.65 bits per heavy atom. The predicted octanol–water partition coefficient (Wildman–Crippen LogP) is 4.25. The van der Waals surface area contributed by atoms with Crippen molar-refractivity contribution in [2.75, 3.05) is 0 Å². The second-order valence-electron chi connectivity index (χ2n) is 4.50. The molecule has 0 fully saturated rings. The van der Waals surface area contributed by atoms with Crippen molar-refractivity contribution in [3.8, 4) is 0 Å². The zero-order valence-corrected chi connectivity index (χ0v) is 9.35. The van der Waals surface area contributed by atoms with E-state index in [2.05, 4.69) is 53.5 Å². The highest BCUT2D eigenvalue weighted by Gasteiger charge is 2.10.